The van der Waals surface area contributed by atoms with Gasteiger partial charge in [-0.1, -0.05) is 72.8 Å². The van der Waals surface area contributed by atoms with Gasteiger partial charge in [-0.15, -0.1) is 0 Å². The lowest BCUT2D eigenvalue weighted by atomic mass is 9.90. The number of carbonyl (C=O) groups is 1. The number of hydrogen-bond acceptors (Lipinski definition) is 3. The topological polar surface area (TPSA) is 57.7 Å². The van der Waals surface area contributed by atoms with E-state index in [1.54, 1.807) is 47.4 Å². The van der Waals surface area contributed by atoms with E-state index in [9.17, 15) is 13.2 Å². The van der Waals surface area contributed by atoms with E-state index in [-0.39, 0.29) is 16.8 Å². The van der Waals surface area contributed by atoms with Crippen LogP contribution in [0.2, 0.25) is 0 Å². The molecule has 0 aromatic heterocycles. The fourth-order valence-electron chi connectivity index (χ4n) is 4.80. The van der Waals surface area contributed by atoms with Crippen LogP contribution in [0.1, 0.15) is 35.3 Å². The van der Waals surface area contributed by atoms with Crippen molar-refractivity contribution in [3.05, 3.63) is 126 Å². The van der Waals surface area contributed by atoms with Gasteiger partial charge in [-0.3, -0.25) is 9.10 Å². The highest BCUT2D eigenvalue weighted by Crippen LogP contribution is 2.44. The normalized spacial score (nSPS) is 17.5. The molecule has 0 saturated heterocycles. The summed E-state index contributed by atoms with van der Waals surface area (Å²) in [6, 6.07) is 33.8. The average Bonchev–Trinajstić information content (AvgIpc) is 2.90. The van der Waals surface area contributed by atoms with E-state index in [1.807, 2.05) is 79.7 Å². The summed E-state index contributed by atoms with van der Waals surface area (Å²) in [6.45, 7) is 1.97. The van der Waals surface area contributed by atoms with Gasteiger partial charge in [0, 0.05) is 17.3 Å². The summed E-state index contributed by atoms with van der Waals surface area (Å²) in [6.07, 6.45) is 0.455. The van der Waals surface area contributed by atoms with Crippen LogP contribution < -0.4 is 9.21 Å². The first-order valence-corrected chi connectivity index (χ1v) is 13.0. The predicted molar refractivity (Wildman–Crippen MR) is 139 cm³/mol. The first kappa shape index (κ1) is 22.9. The maximum atomic E-state index is 14.0. The lowest BCUT2D eigenvalue weighted by Crippen LogP contribution is -2.47. The van der Waals surface area contributed by atoms with Crippen molar-refractivity contribution in [3.63, 3.8) is 0 Å². The zero-order valence-corrected chi connectivity index (χ0v) is 20.2. The van der Waals surface area contributed by atoms with Crippen LogP contribution in [0.5, 0.6) is 0 Å². The molecule has 176 valence electrons. The van der Waals surface area contributed by atoms with Gasteiger partial charge in [-0.2, -0.15) is 0 Å². The minimum atomic E-state index is -3.88. The summed E-state index contributed by atoms with van der Waals surface area (Å²) >= 11 is 0. The van der Waals surface area contributed by atoms with Crippen molar-refractivity contribution >= 4 is 27.3 Å². The van der Waals surface area contributed by atoms with Gasteiger partial charge in [0.1, 0.15) is 0 Å². The van der Waals surface area contributed by atoms with Crippen molar-refractivity contribution in [1.82, 2.24) is 0 Å². The fraction of sp³-hybridized carbons (Fsp3) is 0.138. The first-order valence-electron chi connectivity index (χ1n) is 11.6. The van der Waals surface area contributed by atoms with Crippen LogP contribution in [0, 0.1) is 0 Å². The summed E-state index contributed by atoms with van der Waals surface area (Å²) in [5.74, 6) is -0.0961. The Hall–Kier alpha value is -3.90. The third-order valence-electron chi connectivity index (χ3n) is 6.39. The molecule has 5 nitrogen and oxygen atoms in total. The van der Waals surface area contributed by atoms with Crippen LogP contribution >= 0.6 is 0 Å². The van der Waals surface area contributed by atoms with Crippen molar-refractivity contribution in [1.29, 1.82) is 0 Å². The summed E-state index contributed by atoms with van der Waals surface area (Å²) in [7, 11) is -3.88. The van der Waals surface area contributed by atoms with E-state index in [1.165, 1.54) is 4.31 Å². The number of anilines is 2. The van der Waals surface area contributed by atoms with Gasteiger partial charge >= 0.3 is 0 Å². The Morgan fingerprint density at radius 1 is 0.771 bits per heavy atom. The number of sulfonamides is 1. The van der Waals surface area contributed by atoms with E-state index >= 15 is 0 Å². The van der Waals surface area contributed by atoms with Crippen molar-refractivity contribution in [3.8, 4) is 0 Å². The molecule has 0 spiro atoms. The van der Waals surface area contributed by atoms with Crippen LogP contribution in [-0.4, -0.2) is 20.4 Å². The number of para-hydroxylation sites is 2. The van der Waals surface area contributed by atoms with Crippen LogP contribution in [-0.2, 0) is 10.0 Å². The Bertz CT molecular complexity index is 1420. The standard InChI is InChI=1S/C29H26N2O3S/c1-22-21-28(26-19-11-12-20-27(26)30(22)29(32)23-13-5-2-6-14-23)31(24-15-7-3-8-16-24)35(33,34)25-17-9-4-10-18-25/h2-20,22,28H,21H2,1H3/t22-,28-/m1/s1. The molecule has 0 radical (unpaired) electrons. The summed E-state index contributed by atoms with van der Waals surface area (Å²) in [5.41, 5.74) is 2.73. The van der Waals surface area contributed by atoms with Gasteiger partial charge in [-0.05, 0) is 61.4 Å². The highest BCUT2D eigenvalue weighted by molar-refractivity contribution is 7.92. The maximum absolute atomic E-state index is 14.0. The number of benzene rings is 4. The zero-order chi connectivity index (χ0) is 24.4. The summed E-state index contributed by atoms with van der Waals surface area (Å²) < 4.78 is 29.6. The largest absolute Gasteiger partial charge is 0.305 e. The minimum absolute atomic E-state index is 0.0961. The predicted octanol–water partition coefficient (Wildman–Crippen LogP) is 6.06. The highest BCUT2D eigenvalue weighted by atomic mass is 32.2. The Balaban J connectivity index is 1.66. The second kappa shape index (κ2) is 9.39. The van der Waals surface area contributed by atoms with Crippen LogP contribution in [0.15, 0.2) is 120 Å². The highest BCUT2D eigenvalue weighted by Gasteiger charge is 2.41. The molecule has 6 heteroatoms. The molecular weight excluding hydrogens is 456 g/mol. The van der Waals surface area contributed by atoms with Gasteiger partial charge in [0.15, 0.2) is 0 Å². The minimum Gasteiger partial charge on any atom is -0.305 e. The van der Waals surface area contributed by atoms with E-state index in [0.29, 0.717) is 17.7 Å². The number of hydrogen-bond donors (Lipinski definition) is 0. The summed E-state index contributed by atoms with van der Waals surface area (Å²) in [5, 5.41) is 0. The van der Waals surface area contributed by atoms with Crippen molar-refractivity contribution in [2.45, 2.75) is 30.3 Å². The van der Waals surface area contributed by atoms with Crippen LogP contribution in [0.3, 0.4) is 0 Å². The van der Waals surface area contributed by atoms with Gasteiger partial charge in [0.2, 0.25) is 0 Å². The van der Waals surface area contributed by atoms with E-state index in [0.717, 1.165) is 11.3 Å². The summed E-state index contributed by atoms with van der Waals surface area (Å²) in [4.78, 5) is 15.6. The molecule has 0 saturated carbocycles. The molecule has 1 heterocycles. The zero-order valence-electron chi connectivity index (χ0n) is 19.4. The fourth-order valence-corrected chi connectivity index (χ4v) is 6.46. The molecule has 2 atom stereocenters. The van der Waals surface area contributed by atoms with Gasteiger partial charge < -0.3 is 4.90 Å². The SMILES string of the molecule is C[C@@H]1C[C@@H](N(c2ccccc2)S(=O)(=O)c2ccccc2)c2ccccc2N1C(=O)c1ccccc1. The number of amides is 1. The average molecular weight is 483 g/mol. The lowest BCUT2D eigenvalue weighted by molar-refractivity contribution is 0.0974. The molecule has 1 amide bonds. The number of carbonyl (C=O) groups excluding carboxylic acids is 1. The van der Waals surface area contributed by atoms with E-state index in [2.05, 4.69) is 0 Å². The van der Waals surface area contributed by atoms with Crippen molar-refractivity contribution < 1.29 is 13.2 Å². The van der Waals surface area contributed by atoms with Gasteiger partial charge in [0.05, 0.1) is 16.6 Å². The molecule has 1 aliphatic heterocycles. The first-order chi connectivity index (χ1) is 17.0. The molecule has 4 aromatic rings. The number of fused-ring (bicyclic) bond motifs is 1. The van der Waals surface area contributed by atoms with E-state index in [4.69, 9.17) is 0 Å². The molecule has 5 rings (SSSR count). The quantitative estimate of drug-likeness (QED) is 0.347. The third kappa shape index (κ3) is 4.21. The number of rotatable bonds is 5. The molecule has 0 aliphatic carbocycles. The molecule has 1 aliphatic rings. The molecule has 0 fully saturated rings. The molecule has 0 bridgehead atoms. The second-order valence-corrected chi connectivity index (χ2v) is 10.5. The Labute approximate surface area is 206 Å². The third-order valence-corrected chi connectivity index (χ3v) is 8.24. The van der Waals surface area contributed by atoms with Crippen molar-refractivity contribution in [2.75, 3.05) is 9.21 Å². The second-order valence-electron chi connectivity index (χ2n) is 8.65. The Morgan fingerprint density at radius 3 is 1.97 bits per heavy atom. The molecular formula is C29H26N2O3S. The van der Waals surface area contributed by atoms with Crippen LogP contribution in [0.4, 0.5) is 11.4 Å². The lowest BCUT2D eigenvalue weighted by Gasteiger charge is -2.43. The van der Waals surface area contributed by atoms with E-state index < -0.39 is 16.1 Å². The molecule has 35 heavy (non-hydrogen) atoms. The Kier molecular flexibility index (Phi) is 6.14. The molecule has 4 aromatic carbocycles. The maximum Gasteiger partial charge on any atom is 0.264 e. The monoisotopic (exact) mass is 482 g/mol. The smallest absolute Gasteiger partial charge is 0.264 e. The number of nitrogens with zero attached hydrogens (tertiary/aromatic N) is 2. The molecule has 0 unspecified atom stereocenters. The van der Waals surface area contributed by atoms with Crippen molar-refractivity contribution in [2.24, 2.45) is 0 Å². The van der Waals surface area contributed by atoms with Gasteiger partial charge in [-0.25, -0.2) is 8.42 Å². The Morgan fingerprint density at radius 2 is 1.31 bits per heavy atom. The van der Waals surface area contributed by atoms with Crippen LogP contribution in [0.25, 0.3) is 0 Å². The van der Waals surface area contributed by atoms with Gasteiger partial charge in [0.25, 0.3) is 15.9 Å². The molecule has 0 N–H and O–H groups in total.